The van der Waals surface area contributed by atoms with Crippen LogP contribution in [-0.2, 0) is 6.54 Å². The highest BCUT2D eigenvalue weighted by molar-refractivity contribution is 5.42. The molecule has 0 unspecified atom stereocenters. The first-order valence-electron chi connectivity index (χ1n) is 9.37. The van der Waals surface area contributed by atoms with Gasteiger partial charge in [-0.1, -0.05) is 11.6 Å². The van der Waals surface area contributed by atoms with E-state index in [1.54, 1.807) is 0 Å². The topological polar surface area (TPSA) is 71.2 Å². The van der Waals surface area contributed by atoms with Crippen molar-refractivity contribution in [2.24, 2.45) is 0 Å². The molecule has 1 saturated heterocycles. The standard InChI is InChI=1S/C18H24N6O/c1-23(11-16-19-18(25-22-16)13-3-2-4-13)14-9-24(10-14)17-8-7-15(20-21-17)12-5-6-12/h7-8,12-14H,2-6,9-11H2,1H3. The molecule has 3 aliphatic rings. The number of likely N-dealkylation sites (N-methyl/N-ethyl adjacent to an activating group) is 1. The summed E-state index contributed by atoms with van der Waals surface area (Å²) in [6.07, 6.45) is 6.20. The summed E-state index contributed by atoms with van der Waals surface area (Å²) in [6.45, 7) is 2.68. The number of nitrogens with zero attached hydrogens (tertiary/aromatic N) is 6. The van der Waals surface area contributed by atoms with Gasteiger partial charge in [0.2, 0.25) is 5.89 Å². The van der Waals surface area contributed by atoms with Gasteiger partial charge in [-0.2, -0.15) is 10.1 Å². The zero-order valence-corrected chi connectivity index (χ0v) is 14.6. The minimum absolute atomic E-state index is 0.496. The summed E-state index contributed by atoms with van der Waals surface area (Å²) in [5.74, 6) is 3.78. The van der Waals surface area contributed by atoms with Crippen LogP contribution in [0.5, 0.6) is 0 Å². The molecule has 2 aromatic heterocycles. The Kier molecular flexibility index (Phi) is 3.69. The Morgan fingerprint density at radius 2 is 1.96 bits per heavy atom. The molecule has 3 heterocycles. The molecule has 0 aromatic carbocycles. The fraction of sp³-hybridized carbons (Fsp3) is 0.667. The fourth-order valence-corrected chi connectivity index (χ4v) is 3.53. The zero-order valence-electron chi connectivity index (χ0n) is 14.6. The lowest BCUT2D eigenvalue weighted by molar-refractivity contribution is 0.190. The van der Waals surface area contributed by atoms with E-state index < -0.39 is 0 Å². The Morgan fingerprint density at radius 1 is 1.12 bits per heavy atom. The second-order valence-corrected chi connectivity index (χ2v) is 7.74. The molecule has 0 radical (unpaired) electrons. The summed E-state index contributed by atoms with van der Waals surface area (Å²) < 4.78 is 5.41. The predicted octanol–water partition coefficient (Wildman–Crippen LogP) is 2.33. The van der Waals surface area contributed by atoms with Gasteiger partial charge in [-0.3, -0.25) is 4.90 Å². The van der Waals surface area contributed by atoms with Gasteiger partial charge >= 0.3 is 0 Å². The lowest BCUT2D eigenvalue weighted by Gasteiger charge is -2.44. The molecule has 5 rings (SSSR count). The van der Waals surface area contributed by atoms with Gasteiger partial charge in [0.05, 0.1) is 12.2 Å². The Balaban J connectivity index is 1.13. The quantitative estimate of drug-likeness (QED) is 0.799. The molecule has 0 bridgehead atoms. The van der Waals surface area contributed by atoms with Crippen LogP contribution in [0.15, 0.2) is 16.7 Å². The van der Waals surface area contributed by atoms with Crippen molar-refractivity contribution in [2.75, 3.05) is 25.0 Å². The lowest BCUT2D eigenvalue weighted by Crippen LogP contribution is -2.58. The van der Waals surface area contributed by atoms with Crippen LogP contribution < -0.4 is 4.90 Å². The summed E-state index contributed by atoms with van der Waals surface area (Å²) in [4.78, 5) is 9.15. The second-order valence-electron chi connectivity index (χ2n) is 7.74. The van der Waals surface area contributed by atoms with E-state index in [0.717, 1.165) is 42.9 Å². The normalized spacial score (nSPS) is 21.4. The van der Waals surface area contributed by atoms with Gasteiger partial charge in [-0.15, -0.1) is 5.10 Å². The molecule has 3 fully saturated rings. The first-order valence-corrected chi connectivity index (χ1v) is 9.37. The van der Waals surface area contributed by atoms with Gasteiger partial charge in [0, 0.05) is 31.0 Å². The van der Waals surface area contributed by atoms with Crippen molar-refractivity contribution in [2.45, 2.75) is 56.5 Å². The van der Waals surface area contributed by atoms with Crippen molar-refractivity contribution in [1.82, 2.24) is 25.2 Å². The Bertz CT molecular complexity index is 730. The van der Waals surface area contributed by atoms with Crippen LogP contribution in [0.1, 0.15) is 61.3 Å². The van der Waals surface area contributed by atoms with Gasteiger partial charge in [0.1, 0.15) is 0 Å². The van der Waals surface area contributed by atoms with E-state index >= 15 is 0 Å². The maximum Gasteiger partial charge on any atom is 0.229 e. The summed E-state index contributed by atoms with van der Waals surface area (Å²) >= 11 is 0. The molecule has 132 valence electrons. The summed E-state index contributed by atoms with van der Waals surface area (Å²) in [7, 11) is 2.13. The van der Waals surface area contributed by atoms with E-state index in [1.165, 1.54) is 32.1 Å². The van der Waals surface area contributed by atoms with Crippen molar-refractivity contribution in [3.8, 4) is 0 Å². The molecular weight excluding hydrogens is 316 g/mol. The van der Waals surface area contributed by atoms with Crippen molar-refractivity contribution >= 4 is 5.82 Å². The third-order valence-corrected chi connectivity index (χ3v) is 5.81. The van der Waals surface area contributed by atoms with Gasteiger partial charge in [0.25, 0.3) is 0 Å². The van der Waals surface area contributed by atoms with E-state index in [2.05, 4.69) is 49.3 Å². The molecule has 1 aliphatic heterocycles. The summed E-state index contributed by atoms with van der Waals surface area (Å²) in [5, 5.41) is 12.9. The van der Waals surface area contributed by atoms with E-state index in [-0.39, 0.29) is 0 Å². The van der Waals surface area contributed by atoms with Crippen molar-refractivity contribution in [1.29, 1.82) is 0 Å². The van der Waals surface area contributed by atoms with E-state index in [1.807, 2.05) is 0 Å². The molecule has 2 aromatic rings. The van der Waals surface area contributed by atoms with E-state index in [4.69, 9.17) is 4.52 Å². The first kappa shape index (κ1) is 15.3. The molecule has 2 saturated carbocycles. The Labute approximate surface area is 147 Å². The van der Waals surface area contributed by atoms with Gasteiger partial charge in [-0.05, 0) is 44.9 Å². The van der Waals surface area contributed by atoms with Crippen LogP contribution in [-0.4, -0.2) is 51.4 Å². The highest BCUT2D eigenvalue weighted by Crippen LogP contribution is 2.39. The SMILES string of the molecule is CN(Cc1noc(C2CCC2)n1)C1CN(c2ccc(C3CC3)nn2)C1. The van der Waals surface area contributed by atoms with E-state index in [9.17, 15) is 0 Å². The molecule has 0 atom stereocenters. The number of aromatic nitrogens is 4. The average Bonchev–Trinajstić information content (AvgIpc) is 3.27. The summed E-state index contributed by atoms with van der Waals surface area (Å²) in [6, 6.07) is 4.75. The van der Waals surface area contributed by atoms with Crippen molar-refractivity contribution in [3.05, 3.63) is 29.5 Å². The highest BCUT2D eigenvalue weighted by Gasteiger charge is 2.33. The van der Waals surface area contributed by atoms with Crippen molar-refractivity contribution in [3.63, 3.8) is 0 Å². The molecular formula is C18H24N6O. The van der Waals surface area contributed by atoms with Crippen LogP contribution in [0.4, 0.5) is 5.82 Å². The Hall–Kier alpha value is -2.02. The zero-order chi connectivity index (χ0) is 16.8. The lowest BCUT2D eigenvalue weighted by atomic mass is 9.85. The minimum Gasteiger partial charge on any atom is -0.352 e. The molecule has 25 heavy (non-hydrogen) atoms. The maximum atomic E-state index is 5.41. The van der Waals surface area contributed by atoms with Crippen LogP contribution in [0.2, 0.25) is 0 Å². The van der Waals surface area contributed by atoms with Crippen LogP contribution in [0.25, 0.3) is 0 Å². The monoisotopic (exact) mass is 340 g/mol. The smallest absolute Gasteiger partial charge is 0.229 e. The summed E-state index contributed by atoms with van der Waals surface area (Å²) in [5.41, 5.74) is 1.15. The third-order valence-electron chi connectivity index (χ3n) is 5.81. The largest absolute Gasteiger partial charge is 0.352 e. The van der Waals surface area contributed by atoms with Crippen LogP contribution in [0, 0.1) is 0 Å². The van der Waals surface area contributed by atoms with Crippen LogP contribution >= 0.6 is 0 Å². The second kappa shape index (κ2) is 6.05. The molecule has 2 aliphatic carbocycles. The van der Waals surface area contributed by atoms with Gasteiger partial charge < -0.3 is 9.42 Å². The number of hydrogen-bond donors (Lipinski definition) is 0. The van der Waals surface area contributed by atoms with Gasteiger partial charge in [-0.25, -0.2) is 0 Å². The van der Waals surface area contributed by atoms with E-state index in [0.29, 0.717) is 17.9 Å². The maximum absolute atomic E-state index is 5.41. The molecule has 7 heteroatoms. The van der Waals surface area contributed by atoms with Crippen LogP contribution in [0.3, 0.4) is 0 Å². The number of hydrogen-bond acceptors (Lipinski definition) is 7. The molecule has 7 nitrogen and oxygen atoms in total. The molecule has 0 spiro atoms. The van der Waals surface area contributed by atoms with Crippen molar-refractivity contribution < 1.29 is 4.52 Å². The minimum atomic E-state index is 0.496. The Morgan fingerprint density at radius 3 is 2.60 bits per heavy atom. The fourth-order valence-electron chi connectivity index (χ4n) is 3.53. The third kappa shape index (κ3) is 3.01. The molecule has 0 N–H and O–H groups in total. The number of rotatable bonds is 6. The molecule has 0 amide bonds. The highest BCUT2D eigenvalue weighted by atomic mass is 16.5. The predicted molar refractivity (Wildman–Crippen MR) is 92.4 cm³/mol. The van der Waals surface area contributed by atoms with Gasteiger partial charge in [0.15, 0.2) is 11.6 Å². The number of anilines is 1. The first-order chi connectivity index (χ1) is 12.3. The average molecular weight is 340 g/mol.